The molecule has 0 aliphatic heterocycles. The van der Waals surface area contributed by atoms with Crippen LogP contribution in [0.5, 0.6) is 0 Å². The lowest BCUT2D eigenvalue weighted by molar-refractivity contribution is 0.0787. The van der Waals surface area contributed by atoms with Gasteiger partial charge >= 0.3 is 0 Å². The average Bonchev–Trinajstić information content (AvgIpc) is 2.54. The van der Waals surface area contributed by atoms with Gasteiger partial charge in [0.25, 0.3) is 5.91 Å². The van der Waals surface area contributed by atoms with E-state index in [0.717, 1.165) is 30.8 Å². The van der Waals surface area contributed by atoms with Crippen LogP contribution in [0.25, 0.3) is 0 Å². The molecule has 0 fully saturated rings. The number of pyridine rings is 1. The number of hydrogen-bond donors (Lipinski definition) is 1. The number of amides is 1. The molecule has 1 aromatic carbocycles. The molecule has 0 atom stereocenters. The van der Waals surface area contributed by atoms with Gasteiger partial charge in [0.15, 0.2) is 0 Å². The van der Waals surface area contributed by atoms with E-state index in [2.05, 4.69) is 17.2 Å². The van der Waals surface area contributed by atoms with Crippen LogP contribution in [0.15, 0.2) is 42.6 Å². The van der Waals surface area contributed by atoms with Gasteiger partial charge in [0.2, 0.25) is 0 Å². The Hall–Kier alpha value is -2.07. The molecule has 0 saturated heterocycles. The number of nitrogens with zero attached hydrogens (tertiary/aromatic N) is 2. The molecule has 0 spiro atoms. The second kappa shape index (κ2) is 7.80. The Morgan fingerprint density at radius 1 is 1.32 bits per heavy atom. The molecular weight excluding hydrogens is 298 g/mol. The maximum absolute atomic E-state index is 12.3. The normalized spacial score (nSPS) is 10.3. The van der Waals surface area contributed by atoms with Gasteiger partial charge in [-0.25, -0.2) is 0 Å². The fraction of sp³-hybridized carbons (Fsp3) is 0.294. The van der Waals surface area contributed by atoms with Crippen molar-refractivity contribution in [2.24, 2.45) is 0 Å². The Balaban J connectivity index is 2.13. The highest BCUT2D eigenvalue weighted by molar-refractivity contribution is 6.33. The second-order valence-corrected chi connectivity index (χ2v) is 5.52. The zero-order chi connectivity index (χ0) is 15.9. The van der Waals surface area contributed by atoms with E-state index in [1.807, 2.05) is 30.3 Å². The zero-order valence-corrected chi connectivity index (χ0v) is 13.6. The first kappa shape index (κ1) is 16.3. The molecule has 0 aliphatic carbocycles. The van der Waals surface area contributed by atoms with E-state index in [1.165, 1.54) is 0 Å². The van der Waals surface area contributed by atoms with Crippen molar-refractivity contribution in [2.75, 3.05) is 18.9 Å². The number of rotatable bonds is 6. The van der Waals surface area contributed by atoms with Crippen molar-refractivity contribution in [2.45, 2.75) is 19.8 Å². The molecule has 2 aromatic rings. The first-order valence-corrected chi connectivity index (χ1v) is 7.72. The molecule has 0 saturated carbocycles. The highest BCUT2D eigenvalue weighted by Gasteiger charge is 2.13. The summed E-state index contributed by atoms with van der Waals surface area (Å²) < 4.78 is 0. The van der Waals surface area contributed by atoms with Crippen LogP contribution in [0.4, 0.5) is 11.4 Å². The number of carbonyl (C=O) groups is 1. The summed E-state index contributed by atoms with van der Waals surface area (Å²) >= 11 is 6.13. The summed E-state index contributed by atoms with van der Waals surface area (Å²) in [5, 5.41) is 3.84. The van der Waals surface area contributed by atoms with E-state index in [4.69, 9.17) is 11.6 Å². The van der Waals surface area contributed by atoms with Crippen molar-refractivity contribution in [3.63, 3.8) is 0 Å². The monoisotopic (exact) mass is 317 g/mol. The maximum atomic E-state index is 12.3. The molecule has 22 heavy (non-hydrogen) atoms. The van der Waals surface area contributed by atoms with E-state index in [-0.39, 0.29) is 5.91 Å². The number of nitrogens with one attached hydrogen (secondary N) is 1. The van der Waals surface area contributed by atoms with E-state index in [0.29, 0.717) is 10.7 Å². The van der Waals surface area contributed by atoms with Crippen molar-refractivity contribution in [1.82, 2.24) is 9.88 Å². The van der Waals surface area contributed by atoms with E-state index >= 15 is 0 Å². The third-order valence-electron chi connectivity index (χ3n) is 3.33. The largest absolute Gasteiger partial charge is 0.354 e. The van der Waals surface area contributed by atoms with Gasteiger partial charge < -0.3 is 10.2 Å². The van der Waals surface area contributed by atoms with Crippen molar-refractivity contribution in [1.29, 1.82) is 0 Å². The van der Waals surface area contributed by atoms with E-state index < -0.39 is 0 Å². The van der Waals surface area contributed by atoms with Gasteiger partial charge in [-0.3, -0.25) is 9.78 Å². The predicted octanol–water partition coefficient (Wildman–Crippen LogP) is 4.35. The van der Waals surface area contributed by atoms with Crippen LogP contribution in [0.3, 0.4) is 0 Å². The summed E-state index contributed by atoms with van der Waals surface area (Å²) in [4.78, 5) is 18.2. The van der Waals surface area contributed by atoms with Crippen molar-refractivity contribution in [3.05, 3.63) is 53.3 Å². The highest BCUT2D eigenvalue weighted by Crippen LogP contribution is 2.24. The van der Waals surface area contributed by atoms with Crippen molar-refractivity contribution in [3.8, 4) is 0 Å². The summed E-state index contributed by atoms with van der Waals surface area (Å²) in [6, 6.07) is 11.0. The Labute approximate surface area is 136 Å². The van der Waals surface area contributed by atoms with Crippen LogP contribution >= 0.6 is 11.6 Å². The quantitative estimate of drug-likeness (QED) is 0.861. The summed E-state index contributed by atoms with van der Waals surface area (Å²) in [7, 11) is 1.80. The van der Waals surface area contributed by atoms with Crippen LogP contribution in [0, 0.1) is 0 Å². The summed E-state index contributed by atoms with van der Waals surface area (Å²) in [5.74, 6) is -0.0729. The number of carbonyl (C=O) groups excluding carboxylic acids is 1. The molecule has 0 aliphatic rings. The van der Waals surface area contributed by atoms with Crippen molar-refractivity contribution < 1.29 is 4.79 Å². The first-order chi connectivity index (χ1) is 10.6. The van der Waals surface area contributed by atoms with Crippen molar-refractivity contribution >= 4 is 28.9 Å². The number of halogens is 1. The van der Waals surface area contributed by atoms with Gasteiger partial charge in [-0.1, -0.05) is 37.1 Å². The van der Waals surface area contributed by atoms with Gasteiger partial charge in [0.1, 0.15) is 5.69 Å². The number of para-hydroxylation sites is 1. The maximum Gasteiger partial charge on any atom is 0.272 e. The molecule has 0 bridgehead atoms. The van der Waals surface area contributed by atoms with Crippen LogP contribution in [0.1, 0.15) is 30.3 Å². The van der Waals surface area contributed by atoms with Crippen LogP contribution in [0.2, 0.25) is 5.02 Å². The van der Waals surface area contributed by atoms with E-state index in [1.54, 1.807) is 24.2 Å². The molecule has 1 heterocycles. The van der Waals surface area contributed by atoms with Gasteiger partial charge in [-0.05, 0) is 30.7 Å². The fourth-order valence-corrected chi connectivity index (χ4v) is 2.22. The van der Waals surface area contributed by atoms with Gasteiger partial charge in [-0.2, -0.15) is 0 Å². The molecule has 4 nitrogen and oxygen atoms in total. The molecule has 1 amide bonds. The Bertz CT molecular complexity index is 645. The minimum atomic E-state index is -0.0729. The first-order valence-electron chi connectivity index (χ1n) is 7.35. The minimum Gasteiger partial charge on any atom is -0.354 e. The third kappa shape index (κ3) is 4.21. The van der Waals surface area contributed by atoms with Gasteiger partial charge in [0, 0.05) is 25.5 Å². The topological polar surface area (TPSA) is 45.2 Å². The Kier molecular flexibility index (Phi) is 5.78. The molecule has 1 aromatic heterocycles. The second-order valence-electron chi connectivity index (χ2n) is 5.11. The third-order valence-corrected chi connectivity index (χ3v) is 3.66. The predicted molar refractivity (Wildman–Crippen MR) is 90.8 cm³/mol. The van der Waals surface area contributed by atoms with Gasteiger partial charge in [0.05, 0.1) is 10.7 Å². The lowest BCUT2D eigenvalue weighted by Gasteiger charge is -2.16. The SMILES string of the molecule is CCCCN(C)C(=O)c1cc(Nc2ccccc2Cl)ccn1. The smallest absolute Gasteiger partial charge is 0.272 e. The van der Waals surface area contributed by atoms with E-state index in [9.17, 15) is 4.79 Å². The number of hydrogen-bond acceptors (Lipinski definition) is 3. The number of aromatic nitrogens is 1. The standard InChI is InChI=1S/C17H20ClN3O/c1-3-4-11-21(2)17(22)16-12-13(9-10-19-16)20-15-8-6-5-7-14(15)18/h5-10,12H,3-4,11H2,1-2H3,(H,19,20). The lowest BCUT2D eigenvalue weighted by atomic mass is 10.2. The molecule has 5 heteroatoms. The molecule has 0 unspecified atom stereocenters. The lowest BCUT2D eigenvalue weighted by Crippen LogP contribution is -2.28. The van der Waals surface area contributed by atoms with Crippen LogP contribution in [-0.2, 0) is 0 Å². The van der Waals surface area contributed by atoms with Crippen LogP contribution < -0.4 is 5.32 Å². The Morgan fingerprint density at radius 2 is 2.09 bits per heavy atom. The fourth-order valence-electron chi connectivity index (χ4n) is 2.04. The molecule has 2 rings (SSSR count). The molecule has 1 N–H and O–H groups in total. The summed E-state index contributed by atoms with van der Waals surface area (Å²) in [6.45, 7) is 2.84. The Morgan fingerprint density at radius 3 is 2.82 bits per heavy atom. The number of unbranched alkanes of at least 4 members (excludes halogenated alkanes) is 1. The zero-order valence-electron chi connectivity index (χ0n) is 12.8. The van der Waals surface area contributed by atoms with Gasteiger partial charge in [-0.15, -0.1) is 0 Å². The molecule has 116 valence electrons. The summed E-state index contributed by atoms with van der Waals surface area (Å²) in [5.41, 5.74) is 2.01. The number of benzene rings is 1. The molecule has 0 radical (unpaired) electrons. The summed E-state index contributed by atoms with van der Waals surface area (Å²) in [6.07, 6.45) is 3.67. The highest BCUT2D eigenvalue weighted by atomic mass is 35.5. The van der Waals surface area contributed by atoms with Crippen LogP contribution in [-0.4, -0.2) is 29.4 Å². The number of anilines is 2. The minimum absolute atomic E-state index is 0.0729. The molecular formula is C17H20ClN3O. The average molecular weight is 318 g/mol.